The minimum atomic E-state index is -4.43. The highest BCUT2D eigenvalue weighted by atomic mass is 32.2. The maximum Gasteiger partial charge on any atom is 0.417 e. The Labute approximate surface area is 201 Å². The molecule has 0 atom stereocenters. The van der Waals surface area contributed by atoms with Gasteiger partial charge in [-0.25, -0.2) is 4.98 Å². The lowest BCUT2D eigenvalue weighted by Gasteiger charge is -2.31. The van der Waals surface area contributed by atoms with Gasteiger partial charge in [0.25, 0.3) is 5.91 Å². The molecule has 0 unspecified atom stereocenters. The third-order valence-electron chi connectivity index (χ3n) is 5.81. The van der Waals surface area contributed by atoms with Crippen LogP contribution in [0, 0.1) is 0 Å². The van der Waals surface area contributed by atoms with E-state index in [0.29, 0.717) is 24.0 Å². The number of rotatable bonds is 9. The maximum absolute atomic E-state index is 12.7. The number of aromatic nitrogens is 1. The van der Waals surface area contributed by atoms with Gasteiger partial charge in [0, 0.05) is 37.3 Å². The number of alkyl halides is 3. The second-order valence-corrected chi connectivity index (χ2v) is 9.21. The number of nitrogens with zero attached hydrogens (tertiary/aromatic N) is 2. The Kier molecular flexibility index (Phi) is 9.20. The number of carbonyl (C=O) groups is 2. The smallest absolute Gasteiger partial charge is 0.368 e. The number of pyridine rings is 1. The second kappa shape index (κ2) is 12.1. The third kappa shape index (κ3) is 7.38. The zero-order chi connectivity index (χ0) is 24.6. The van der Waals surface area contributed by atoms with Gasteiger partial charge in [-0.3, -0.25) is 9.59 Å². The number of anilines is 1. The molecule has 2 amide bonds. The Morgan fingerprint density at radius 2 is 1.82 bits per heavy atom. The van der Waals surface area contributed by atoms with Gasteiger partial charge in [-0.1, -0.05) is 31.4 Å². The fourth-order valence-electron chi connectivity index (χ4n) is 3.82. The number of amides is 2. The van der Waals surface area contributed by atoms with E-state index >= 15 is 0 Å². The van der Waals surface area contributed by atoms with Crippen molar-refractivity contribution < 1.29 is 22.8 Å². The summed E-state index contributed by atoms with van der Waals surface area (Å²) in [7, 11) is 1.86. The van der Waals surface area contributed by atoms with E-state index in [-0.39, 0.29) is 24.1 Å². The Hall–Kier alpha value is -2.75. The fraction of sp³-hybridized carbons (Fsp3) is 0.458. The predicted molar refractivity (Wildman–Crippen MR) is 127 cm³/mol. The number of halogens is 3. The molecule has 1 heterocycles. The van der Waals surface area contributed by atoms with Gasteiger partial charge in [0.05, 0.1) is 16.9 Å². The van der Waals surface area contributed by atoms with Crippen molar-refractivity contribution in [2.24, 2.45) is 0 Å². The standard InChI is InChI=1S/C24H29F3N4O2S/c1-31(18-7-3-2-4-8-18)22(32)16-34-20-10-6-5-9-19(20)23(33)29-14-13-28-21-12-11-17(15-30-21)24(25,26)27/h5-6,9-12,15,18H,2-4,7-8,13-14,16H2,1H3,(H,28,30)(H,29,33). The first-order valence-corrected chi connectivity index (χ1v) is 12.3. The van der Waals surface area contributed by atoms with Gasteiger partial charge in [0.1, 0.15) is 5.82 Å². The third-order valence-corrected chi connectivity index (χ3v) is 6.86. The molecule has 1 aliphatic rings. The molecule has 0 bridgehead atoms. The van der Waals surface area contributed by atoms with Crippen molar-refractivity contribution in [3.8, 4) is 0 Å². The van der Waals surface area contributed by atoms with Gasteiger partial charge >= 0.3 is 6.18 Å². The van der Waals surface area contributed by atoms with Crippen molar-refractivity contribution in [1.29, 1.82) is 0 Å². The normalized spacial score (nSPS) is 14.5. The molecule has 1 aromatic carbocycles. The van der Waals surface area contributed by atoms with Gasteiger partial charge in [0.2, 0.25) is 5.91 Å². The Morgan fingerprint density at radius 1 is 1.09 bits per heavy atom. The molecule has 0 aliphatic heterocycles. The summed E-state index contributed by atoms with van der Waals surface area (Å²) in [4.78, 5) is 31.6. The summed E-state index contributed by atoms with van der Waals surface area (Å²) in [5, 5.41) is 5.67. The highest BCUT2D eigenvalue weighted by Crippen LogP contribution is 2.29. The van der Waals surface area contributed by atoms with E-state index in [0.717, 1.165) is 42.8 Å². The lowest BCUT2D eigenvalue weighted by Crippen LogP contribution is -2.39. The molecule has 6 nitrogen and oxygen atoms in total. The van der Waals surface area contributed by atoms with Crippen LogP contribution in [0.15, 0.2) is 47.5 Å². The van der Waals surface area contributed by atoms with Gasteiger partial charge in [-0.15, -0.1) is 11.8 Å². The maximum atomic E-state index is 12.7. The number of hydrogen-bond acceptors (Lipinski definition) is 5. The molecule has 0 spiro atoms. The summed E-state index contributed by atoms with van der Waals surface area (Å²) in [5.74, 6) is 0.329. The zero-order valence-electron chi connectivity index (χ0n) is 19.0. The lowest BCUT2D eigenvalue weighted by atomic mass is 9.94. The van der Waals surface area contributed by atoms with E-state index in [1.54, 1.807) is 12.1 Å². The number of carbonyl (C=O) groups excluding carboxylic acids is 2. The summed E-state index contributed by atoms with van der Waals surface area (Å²) in [6.07, 6.45) is 1.96. The Morgan fingerprint density at radius 3 is 2.50 bits per heavy atom. The van der Waals surface area contributed by atoms with Crippen LogP contribution < -0.4 is 10.6 Å². The lowest BCUT2D eigenvalue weighted by molar-refractivity contribution is -0.137. The molecule has 1 saturated carbocycles. The first kappa shape index (κ1) is 25.9. The number of nitrogens with one attached hydrogen (secondary N) is 2. The quantitative estimate of drug-likeness (QED) is 0.386. The van der Waals surface area contributed by atoms with Crippen LogP contribution in [0.4, 0.5) is 19.0 Å². The first-order chi connectivity index (χ1) is 16.3. The van der Waals surface area contributed by atoms with E-state index in [2.05, 4.69) is 15.6 Å². The average Bonchev–Trinajstić information content (AvgIpc) is 2.85. The monoisotopic (exact) mass is 494 g/mol. The minimum absolute atomic E-state index is 0.0559. The highest BCUT2D eigenvalue weighted by Gasteiger charge is 2.30. The Balaban J connectivity index is 1.46. The zero-order valence-corrected chi connectivity index (χ0v) is 19.8. The van der Waals surface area contributed by atoms with Crippen molar-refractivity contribution in [1.82, 2.24) is 15.2 Å². The molecule has 1 fully saturated rings. The van der Waals surface area contributed by atoms with Gasteiger partial charge < -0.3 is 15.5 Å². The SMILES string of the molecule is CN(C(=O)CSc1ccccc1C(=O)NCCNc1ccc(C(F)(F)F)cn1)C1CCCCC1. The van der Waals surface area contributed by atoms with Crippen LogP contribution in [0.2, 0.25) is 0 Å². The largest absolute Gasteiger partial charge is 0.417 e. The van der Waals surface area contributed by atoms with Crippen molar-refractivity contribution in [2.75, 3.05) is 31.2 Å². The molecule has 10 heteroatoms. The number of thioether (sulfide) groups is 1. The van der Waals surface area contributed by atoms with Crippen LogP contribution in [0.5, 0.6) is 0 Å². The first-order valence-electron chi connectivity index (χ1n) is 11.3. The van der Waals surface area contributed by atoms with E-state index in [1.165, 1.54) is 24.2 Å². The summed E-state index contributed by atoms with van der Waals surface area (Å²) in [6, 6.07) is 9.61. The molecule has 34 heavy (non-hydrogen) atoms. The average molecular weight is 495 g/mol. The molecule has 0 saturated heterocycles. The van der Waals surface area contributed by atoms with Crippen LogP contribution in [-0.4, -0.2) is 53.6 Å². The van der Waals surface area contributed by atoms with Crippen molar-refractivity contribution in [3.63, 3.8) is 0 Å². The number of hydrogen-bond donors (Lipinski definition) is 2. The summed E-state index contributed by atoms with van der Waals surface area (Å²) in [5.41, 5.74) is -0.336. The van der Waals surface area contributed by atoms with Crippen LogP contribution in [0.25, 0.3) is 0 Å². The molecule has 1 aliphatic carbocycles. The van der Waals surface area contributed by atoms with Crippen LogP contribution in [-0.2, 0) is 11.0 Å². The molecule has 184 valence electrons. The van der Waals surface area contributed by atoms with Crippen LogP contribution >= 0.6 is 11.8 Å². The van der Waals surface area contributed by atoms with Crippen LogP contribution in [0.1, 0.15) is 48.0 Å². The molecule has 0 radical (unpaired) electrons. The molecular weight excluding hydrogens is 465 g/mol. The van der Waals surface area contributed by atoms with Crippen molar-refractivity contribution in [3.05, 3.63) is 53.7 Å². The van der Waals surface area contributed by atoms with E-state index < -0.39 is 11.7 Å². The van der Waals surface area contributed by atoms with E-state index in [1.807, 2.05) is 24.1 Å². The second-order valence-electron chi connectivity index (χ2n) is 8.19. The van der Waals surface area contributed by atoms with Gasteiger partial charge in [-0.05, 0) is 37.1 Å². The molecule has 2 aromatic rings. The Bertz CT molecular complexity index is 963. The highest BCUT2D eigenvalue weighted by molar-refractivity contribution is 8.00. The minimum Gasteiger partial charge on any atom is -0.368 e. The fourth-order valence-corrected chi connectivity index (χ4v) is 4.79. The predicted octanol–water partition coefficient (Wildman–Crippen LogP) is 4.83. The summed E-state index contributed by atoms with van der Waals surface area (Å²) in [6.45, 7) is 0.550. The van der Waals surface area contributed by atoms with Crippen molar-refractivity contribution >= 4 is 29.4 Å². The van der Waals surface area contributed by atoms with Crippen LogP contribution in [0.3, 0.4) is 0 Å². The van der Waals surface area contributed by atoms with E-state index in [9.17, 15) is 22.8 Å². The van der Waals surface area contributed by atoms with Gasteiger partial charge in [-0.2, -0.15) is 13.2 Å². The molecule has 2 N–H and O–H groups in total. The number of benzene rings is 1. The summed E-state index contributed by atoms with van der Waals surface area (Å²) >= 11 is 1.35. The molecular formula is C24H29F3N4O2S. The molecule has 1 aromatic heterocycles. The van der Waals surface area contributed by atoms with Gasteiger partial charge in [0.15, 0.2) is 0 Å². The van der Waals surface area contributed by atoms with E-state index in [4.69, 9.17) is 0 Å². The summed E-state index contributed by atoms with van der Waals surface area (Å²) < 4.78 is 37.8. The topological polar surface area (TPSA) is 74.3 Å². The van der Waals surface area contributed by atoms with Crippen molar-refractivity contribution in [2.45, 2.75) is 49.2 Å². The molecule has 3 rings (SSSR count).